The number of nitrogens with zero attached hydrogens (tertiary/aromatic N) is 1. The molecule has 0 N–H and O–H groups in total. The van der Waals surface area contributed by atoms with Crippen molar-refractivity contribution in [3.63, 3.8) is 0 Å². The van der Waals surface area contributed by atoms with Crippen molar-refractivity contribution in [3.8, 4) is 11.5 Å². The Morgan fingerprint density at radius 2 is 1.91 bits per heavy atom. The van der Waals surface area contributed by atoms with Crippen LogP contribution in [-0.2, 0) is 28.0 Å². The van der Waals surface area contributed by atoms with Crippen molar-refractivity contribution in [1.82, 2.24) is 4.90 Å². The highest BCUT2D eigenvalue weighted by Gasteiger charge is 2.56. The zero-order valence-electron chi connectivity index (χ0n) is 18.7. The third kappa shape index (κ3) is 3.43. The molecule has 0 amide bonds. The lowest BCUT2D eigenvalue weighted by molar-refractivity contribution is -0.122. The fraction of sp³-hybridized carbons (Fsp3) is 0.423. The number of Topliss-reactive ketones (excluding diaryl/α,β-unsaturated/α-hetero) is 1. The zero-order chi connectivity index (χ0) is 22.5. The minimum atomic E-state index is -0.292. The summed E-state index contributed by atoms with van der Waals surface area (Å²) in [6.07, 6.45) is 4.35. The van der Waals surface area contributed by atoms with Crippen LogP contribution in [0.4, 0.5) is 0 Å². The number of hydrogen-bond donors (Lipinski definition) is 0. The van der Waals surface area contributed by atoms with E-state index in [1.165, 1.54) is 9.13 Å². The summed E-state index contributed by atoms with van der Waals surface area (Å²) in [6.45, 7) is 1.42. The van der Waals surface area contributed by atoms with E-state index in [0.29, 0.717) is 24.8 Å². The molecule has 168 valence electrons. The Balaban J connectivity index is 1.63. The molecule has 3 atom stereocenters. The molecule has 3 aliphatic rings. The Bertz CT molecular complexity index is 1080. The molecule has 2 aromatic carbocycles. The maximum Gasteiger partial charge on any atom is 0.197 e. The monoisotopic (exact) mass is 545 g/mol. The molecule has 5 rings (SSSR count). The smallest absolute Gasteiger partial charge is 0.197 e. The lowest BCUT2D eigenvalue weighted by atomic mass is 9.53. The number of likely N-dealkylation sites (tertiary alicyclic amines) is 1. The molecule has 2 aromatic rings. The number of allylic oxidation sites excluding steroid dienone is 1. The van der Waals surface area contributed by atoms with Gasteiger partial charge in [-0.2, -0.15) is 0 Å². The third-order valence-corrected chi connectivity index (χ3v) is 8.20. The van der Waals surface area contributed by atoms with E-state index in [1.54, 1.807) is 14.2 Å². The van der Waals surface area contributed by atoms with E-state index in [2.05, 4.69) is 70.9 Å². The molecule has 2 bridgehead atoms. The van der Waals surface area contributed by atoms with Crippen LogP contribution < -0.4 is 9.47 Å². The molecule has 2 aliphatic carbocycles. The molecule has 0 radical (unpaired) electrons. The highest BCUT2D eigenvalue weighted by molar-refractivity contribution is 14.1. The van der Waals surface area contributed by atoms with Crippen LogP contribution >= 0.6 is 22.6 Å². The number of piperidine rings is 1. The van der Waals surface area contributed by atoms with E-state index in [0.717, 1.165) is 42.0 Å². The maximum absolute atomic E-state index is 13.1. The summed E-state index contributed by atoms with van der Waals surface area (Å²) in [5.41, 5.74) is 3.24. The number of rotatable bonds is 5. The van der Waals surface area contributed by atoms with E-state index >= 15 is 0 Å². The van der Waals surface area contributed by atoms with Crippen molar-refractivity contribution in [2.75, 3.05) is 27.8 Å². The number of halogens is 1. The van der Waals surface area contributed by atoms with Crippen LogP contribution in [0.2, 0.25) is 0 Å². The number of carbonyl (C=O) groups is 1. The van der Waals surface area contributed by atoms with Gasteiger partial charge in [0, 0.05) is 32.9 Å². The molecule has 0 saturated carbocycles. The average molecular weight is 545 g/mol. The predicted octanol–water partition coefficient (Wildman–Crippen LogP) is 4.50. The highest BCUT2D eigenvalue weighted by atomic mass is 127. The molecule has 0 unspecified atom stereocenters. The zero-order valence-corrected chi connectivity index (χ0v) is 20.8. The summed E-state index contributed by atoms with van der Waals surface area (Å²) in [5.74, 6) is 2.30. The van der Waals surface area contributed by atoms with Gasteiger partial charge in [-0.05, 0) is 84.4 Å². The first-order chi connectivity index (χ1) is 15.5. The molecule has 0 spiro atoms. The Morgan fingerprint density at radius 3 is 2.62 bits per heavy atom. The van der Waals surface area contributed by atoms with Gasteiger partial charge in [-0.1, -0.05) is 18.2 Å². The minimum absolute atomic E-state index is 0.0753. The van der Waals surface area contributed by atoms with Crippen molar-refractivity contribution in [3.05, 3.63) is 68.5 Å². The van der Waals surface area contributed by atoms with E-state index < -0.39 is 0 Å². The summed E-state index contributed by atoms with van der Waals surface area (Å²) >= 11 is 2.31. The third-order valence-electron chi connectivity index (χ3n) is 7.48. The van der Waals surface area contributed by atoms with Gasteiger partial charge in [0.1, 0.15) is 6.61 Å². The van der Waals surface area contributed by atoms with Crippen LogP contribution in [0.3, 0.4) is 0 Å². The average Bonchev–Trinajstić information content (AvgIpc) is 2.80. The van der Waals surface area contributed by atoms with Crippen LogP contribution in [0.5, 0.6) is 11.5 Å². The Morgan fingerprint density at radius 1 is 1.12 bits per heavy atom. The van der Waals surface area contributed by atoms with E-state index in [1.807, 2.05) is 6.07 Å². The molecular formula is C26H28INO4. The minimum Gasteiger partial charge on any atom is -0.493 e. The number of benzene rings is 2. The van der Waals surface area contributed by atoms with Crippen molar-refractivity contribution >= 4 is 28.4 Å². The second-order valence-corrected chi connectivity index (χ2v) is 10.3. The number of ether oxygens (including phenoxy) is 3. The molecular weight excluding hydrogens is 517 g/mol. The van der Waals surface area contributed by atoms with Crippen LogP contribution in [-0.4, -0.2) is 44.5 Å². The normalized spacial score (nSPS) is 26.6. The van der Waals surface area contributed by atoms with E-state index in [-0.39, 0.29) is 17.1 Å². The molecule has 1 fully saturated rings. The Labute approximate surface area is 202 Å². The molecule has 1 saturated heterocycles. The second-order valence-electron chi connectivity index (χ2n) is 9.07. The Hall–Kier alpha value is -2.06. The van der Waals surface area contributed by atoms with E-state index in [4.69, 9.17) is 14.2 Å². The van der Waals surface area contributed by atoms with Gasteiger partial charge in [0.2, 0.25) is 0 Å². The van der Waals surface area contributed by atoms with Crippen molar-refractivity contribution in [2.24, 2.45) is 5.92 Å². The summed E-state index contributed by atoms with van der Waals surface area (Å²) in [4.78, 5) is 15.5. The van der Waals surface area contributed by atoms with Crippen molar-refractivity contribution in [2.45, 2.75) is 37.3 Å². The van der Waals surface area contributed by atoms with Gasteiger partial charge in [0.25, 0.3) is 0 Å². The van der Waals surface area contributed by atoms with Crippen LogP contribution in [0.25, 0.3) is 0 Å². The topological polar surface area (TPSA) is 48.0 Å². The lowest BCUT2D eigenvalue weighted by Gasteiger charge is -2.56. The summed E-state index contributed by atoms with van der Waals surface area (Å²) in [5, 5.41) is 0. The molecule has 5 nitrogen and oxygen atoms in total. The molecule has 0 aromatic heterocycles. The quantitative estimate of drug-likeness (QED) is 0.519. The number of carbonyl (C=O) groups excluding carboxylic acids is 1. The van der Waals surface area contributed by atoms with Gasteiger partial charge >= 0.3 is 0 Å². The first-order valence-electron chi connectivity index (χ1n) is 11.0. The molecule has 1 heterocycles. The SMILES string of the molecule is COC1=C[C@@H]2[C@@H]3Cc4ccc(OC)c(OCc5ccc(I)cc5)c4[C@]2(CCN3C)CC1=O. The highest BCUT2D eigenvalue weighted by Crippen LogP contribution is 2.58. The number of hydrogen-bond acceptors (Lipinski definition) is 5. The largest absolute Gasteiger partial charge is 0.493 e. The van der Waals surface area contributed by atoms with Crippen LogP contribution in [0.1, 0.15) is 29.5 Å². The van der Waals surface area contributed by atoms with Gasteiger partial charge in [-0.25, -0.2) is 0 Å². The van der Waals surface area contributed by atoms with Gasteiger partial charge in [0.05, 0.1) is 14.2 Å². The molecule has 6 heteroatoms. The number of methoxy groups -OCH3 is 2. The summed E-state index contributed by atoms with van der Waals surface area (Å²) < 4.78 is 18.9. The Kier molecular flexibility index (Phi) is 5.70. The van der Waals surface area contributed by atoms with Crippen molar-refractivity contribution < 1.29 is 19.0 Å². The van der Waals surface area contributed by atoms with Crippen LogP contribution in [0.15, 0.2) is 48.2 Å². The molecule has 1 aliphatic heterocycles. The predicted molar refractivity (Wildman–Crippen MR) is 131 cm³/mol. The van der Waals surface area contributed by atoms with E-state index in [9.17, 15) is 4.79 Å². The number of likely N-dealkylation sites (N-methyl/N-ethyl adjacent to an activating group) is 1. The maximum atomic E-state index is 13.1. The fourth-order valence-corrected chi connectivity index (χ4v) is 6.25. The number of fused-ring (bicyclic) bond motifs is 1. The van der Waals surface area contributed by atoms with Gasteiger partial charge in [-0.15, -0.1) is 0 Å². The van der Waals surface area contributed by atoms with Crippen molar-refractivity contribution in [1.29, 1.82) is 0 Å². The first-order valence-corrected chi connectivity index (χ1v) is 12.1. The van der Waals surface area contributed by atoms with Gasteiger partial charge in [-0.3, -0.25) is 4.79 Å². The van der Waals surface area contributed by atoms with Gasteiger partial charge < -0.3 is 19.1 Å². The lowest BCUT2D eigenvalue weighted by Crippen LogP contribution is -2.60. The van der Waals surface area contributed by atoms with Gasteiger partial charge in [0.15, 0.2) is 23.0 Å². The molecule has 32 heavy (non-hydrogen) atoms. The van der Waals surface area contributed by atoms with Crippen LogP contribution in [0, 0.1) is 9.49 Å². The summed E-state index contributed by atoms with van der Waals surface area (Å²) in [7, 11) is 5.47. The first kappa shape index (κ1) is 21.8. The number of ketones is 1. The standard InChI is InChI=1S/C26H28INO4/c1-28-11-10-26-14-21(29)23(31-3)13-19(26)20(28)12-17-6-9-22(30-2)25(24(17)26)32-15-16-4-7-18(27)8-5-16/h4-9,13,19-20H,10-12,14-15H2,1-3H3/t19-,20+,26-/m1/s1. The summed E-state index contributed by atoms with van der Waals surface area (Å²) in [6, 6.07) is 12.9. The fourth-order valence-electron chi connectivity index (χ4n) is 5.89. The second kappa shape index (κ2) is 8.37.